The van der Waals surface area contributed by atoms with Gasteiger partial charge in [-0.3, -0.25) is 0 Å². The molecule has 0 bridgehead atoms. The zero-order valence-corrected chi connectivity index (χ0v) is 30.5. The van der Waals surface area contributed by atoms with E-state index in [4.69, 9.17) is 4.74 Å². The lowest BCUT2D eigenvalue weighted by atomic mass is 9.65. The van der Waals surface area contributed by atoms with Gasteiger partial charge in [0.05, 0.1) is 11.1 Å². The molecule has 0 unspecified atom stereocenters. The molecule has 54 heavy (non-hydrogen) atoms. The number of anilines is 3. The first-order chi connectivity index (χ1) is 26.5. The summed E-state index contributed by atoms with van der Waals surface area (Å²) in [5.74, 6) is 1.85. The van der Waals surface area contributed by atoms with Gasteiger partial charge >= 0.3 is 0 Å². The number of hydrogen-bond acceptors (Lipinski definition) is 2. The standard InChI is InChI=1S/C52H39NO/c1-51(2)42-21-9-6-19-38(42)40-30-28-35(32-46(40)51)53(48-25-13-8-18-37(48)34-16-4-3-5-17-34)36-29-31-41-39-20-7-10-22-43(39)52(47(41)33-36)44-23-11-14-26-49(44)54-50-27-15-12-24-45(50)52/h3-6,8-9,11-33H,7,10H2,1-2H3. The molecule has 0 atom stereocenters. The summed E-state index contributed by atoms with van der Waals surface area (Å²) in [6.07, 6.45) is 7.03. The molecule has 0 saturated carbocycles. The molecule has 2 heteroatoms. The second-order valence-electron chi connectivity index (χ2n) is 15.5. The van der Waals surface area contributed by atoms with Gasteiger partial charge in [-0.25, -0.2) is 0 Å². The molecule has 0 N–H and O–H groups in total. The van der Waals surface area contributed by atoms with E-state index in [0.29, 0.717) is 0 Å². The summed E-state index contributed by atoms with van der Waals surface area (Å²) < 4.78 is 6.67. The molecule has 11 rings (SSSR count). The van der Waals surface area contributed by atoms with Crippen LogP contribution in [0.4, 0.5) is 17.1 Å². The molecule has 3 aliphatic carbocycles. The summed E-state index contributed by atoms with van der Waals surface area (Å²) >= 11 is 0. The first-order valence-electron chi connectivity index (χ1n) is 19.2. The number of para-hydroxylation sites is 3. The highest BCUT2D eigenvalue weighted by Crippen LogP contribution is 2.64. The minimum atomic E-state index is -0.505. The maximum Gasteiger partial charge on any atom is 0.132 e. The van der Waals surface area contributed by atoms with Gasteiger partial charge in [-0.1, -0.05) is 147 Å². The first-order valence-corrected chi connectivity index (χ1v) is 19.2. The van der Waals surface area contributed by atoms with Crippen molar-refractivity contribution >= 4 is 22.6 Å². The van der Waals surface area contributed by atoms with Crippen molar-refractivity contribution in [3.05, 3.63) is 215 Å². The van der Waals surface area contributed by atoms with Gasteiger partial charge in [0.2, 0.25) is 0 Å². The second kappa shape index (κ2) is 11.6. The lowest BCUT2D eigenvalue weighted by Gasteiger charge is -2.40. The van der Waals surface area contributed by atoms with Crippen LogP contribution < -0.4 is 9.64 Å². The molecule has 0 saturated heterocycles. The summed E-state index contributed by atoms with van der Waals surface area (Å²) in [6, 6.07) is 60.3. The van der Waals surface area contributed by atoms with Crippen molar-refractivity contribution in [2.45, 2.75) is 37.5 Å². The van der Waals surface area contributed by atoms with E-state index in [1.165, 1.54) is 66.8 Å². The Kier molecular flexibility index (Phi) is 6.67. The number of rotatable bonds is 4. The summed E-state index contributed by atoms with van der Waals surface area (Å²) in [5.41, 5.74) is 18.3. The number of benzene rings is 7. The minimum Gasteiger partial charge on any atom is -0.457 e. The molecule has 1 heterocycles. The largest absolute Gasteiger partial charge is 0.457 e. The Labute approximate surface area is 317 Å². The molecule has 1 spiro atoms. The van der Waals surface area contributed by atoms with Crippen LogP contribution in [0.15, 0.2) is 182 Å². The topological polar surface area (TPSA) is 12.5 Å². The van der Waals surface area contributed by atoms with Gasteiger partial charge in [-0.15, -0.1) is 0 Å². The maximum absolute atomic E-state index is 6.67. The molecule has 0 fully saturated rings. The molecule has 1 aliphatic heterocycles. The van der Waals surface area contributed by atoms with Crippen LogP contribution in [0.25, 0.3) is 27.8 Å². The van der Waals surface area contributed by atoms with Crippen LogP contribution in [0.2, 0.25) is 0 Å². The van der Waals surface area contributed by atoms with Crippen molar-refractivity contribution in [1.82, 2.24) is 0 Å². The monoisotopic (exact) mass is 693 g/mol. The lowest BCUT2D eigenvalue weighted by Crippen LogP contribution is -2.32. The highest BCUT2D eigenvalue weighted by molar-refractivity contribution is 5.98. The molecular weight excluding hydrogens is 655 g/mol. The average molecular weight is 694 g/mol. The summed E-state index contributed by atoms with van der Waals surface area (Å²) in [6.45, 7) is 4.73. The van der Waals surface area contributed by atoms with Crippen molar-refractivity contribution in [3.8, 4) is 33.8 Å². The Hall–Kier alpha value is -6.38. The Bertz CT molecular complexity index is 2690. The Morgan fingerprint density at radius 3 is 1.76 bits per heavy atom. The first kappa shape index (κ1) is 31.2. The highest BCUT2D eigenvalue weighted by atomic mass is 16.5. The third-order valence-electron chi connectivity index (χ3n) is 12.4. The van der Waals surface area contributed by atoms with Gasteiger partial charge in [0.15, 0.2) is 0 Å². The van der Waals surface area contributed by atoms with E-state index in [1.54, 1.807) is 0 Å². The lowest BCUT2D eigenvalue weighted by molar-refractivity contribution is 0.436. The third-order valence-corrected chi connectivity index (χ3v) is 12.4. The number of fused-ring (bicyclic) bond motifs is 12. The van der Waals surface area contributed by atoms with Crippen LogP contribution in [-0.4, -0.2) is 0 Å². The summed E-state index contributed by atoms with van der Waals surface area (Å²) in [4.78, 5) is 2.50. The maximum atomic E-state index is 6.67. The van der Waals surface area contributed by atoms with Gasteiger partial charge in [-0.05, 0) is 105 Å². The van der Waals surface area contributed by atoms with Crippen molar-refractivity contribution in [1.29, 1.82) is 0 Å². The number of allylic oxidation sites excluding steroid dienone is 4. The SMILES string of the molecule is CC1(C)c2ccccc2-c2ccc(N(c3ccc4c(c3)C3(C5=CCCC=C54)c4ccccc4Oc4ccccc43)c3ccccc3-c3ccccc3)cc21. The quantitative estimate of drug-likeness (QED) is 0.182. The van der Waals surface area contributed by atoms with E-state index in [0.717, 1.165) is 41.4 Å². The summed E-state index contributed by atoms with van der Waals surface area (Å²) in [7, 11) is 0. The molecule has 258 valence electrons. The van der Waals surface area contributed by atoms with Crippen LogP contribution in [0.1, 0.15) is 60.1 Å². The van der Waals surface area contributed by atoms with Gasteiger partial charge < -0.3 is 9.64 Å². The average Bonchev–Trinajstić information content (AvgIpc) is 3.64. The Balaban J connectivity index is 1.20. The highest BCUT2D eigenvalue weighted by Gasteiger charge is 2.53. The van der Waals surface area contributed by atoms with Crippen LogP contribution in [0, 0.1) is 0 Å². The minimum absolute atomic E-state index is 0.126. The number of nitrogens with zero attached hydrogens (tertiary/aromatic N) is 1. The molecular formula is C52H39NO. The fourth-order valence-electron chi connectivity index (χ4n) is 10.0. The van der Waals surface area contributed by atoms with Crippen LogP contribution in [0.5, 0.6) is 11.5 Å². The van der Waals surface area contributed by atoms with Crippen molar-refractivity contribution in [2.75, 3.05) is 4.90 Å². The number of ether oxygens (including phenoxy) is 1. The Morgan fingerprint density at radius 2 is 1.02 bits per heavy atom. The fraction of sp³-hybridized carbons (Fsp3) is 0.115. The zero-order valence-electron chi connectivity index (χ0n) is 30.5. The van der Waals surface area contributed by atoms with Crippen LogP contribution in [-0.2, 0) is 10.8 Å². The van der Waals surface area contributed by atoms with Crippen LogP contribution >= 0.6 is 0 Å². The van der Waals surface area contributed by atoms with E-state index in [2.05, 4.69) is 195 Å². The predicted octanol–water partition coefficient (Wildman–Crippen LogP) is 13.7. The fourth-order valence-corrected chi connectivity index (χ4v) is 10.0. The van der Waals surface area contributed by atoms with E-state index in [9.17, 15) is 0 Å². The molecule has 7 aromatic rings. The van der Waals surface area contributed by atoms with Crippen molar-refractivity contribution in [3.63, 3.8) is 0 Å². The van der Waals surface area contributed by atoms with Crippen molar-refractivity contribution < 1.29 is 4.74 Å². The molecule has 0 amide bonds. The van der Waals surface area contributed by atoms with Gasteiger partial charge in [0.1, 0.15) is 11.5 Å². The second-order valence-corrected chi connectivity index (χ2v) is 15.5. The molecule has 0 aromatic heterocycles. The van der Waals surface area contributed by atoms with Gasteiger partial charge in [-0.2, -0.15) is 0 Å². The third kappa shape index (κ3) is 4.23. The van der Waals surface area contributed by atoms with E-state index < -0.39 is 5.41 Å². The van der Waals surface area contributed by atoms with Crippen LogP contribution in [0.3, 0.4) is 0 Å². The molecule has 0 radical (unpaired) electrons. The van der Waals surface area contributed by atoms with Crippen molar-refractivity contribution in [2.24, 2.45) is 0 Å². The Morgan fingerprint density at radius 1 is 0.463 bits per heavy atom. The van der Waals surface area contributed by atoms with Gasteiger partial charge in [0.25, 0.3) is 0 Å². The van der Waals surface area contributed by atoms with E-state index in [1.807, 2.05) is 0 Å². The predicted molar refractivity (Wildman–Crippen MR) is 222 cm³/mol. The number of hydrogen-bond donors (Lipinski definition) is 0. The summed E-state index contributed by atoms with van der Waals surface area (Å²) in [5, 5.41) is 0. The normalized spacial score (nSPS) is 16.1. The zero-order chi connectivity index (χ0) is 36.0. The van der Waals surface area contributed by atoms with Gasteiger partial charge in [0, 0.05) is 33.5 Å². The smallest absolute Gasteiger partial charge is 0.132 e. The van der Waals surface area contributed by atoms with E-state index >= 15 is 0 Å². The molecule has 7 aromatic carbocycles. The molecule has 2 nitrogen and oxygen atoms in total. The molecule has 4 aliphatic rings. The van der Waals surface area contributed by atoms with E-state index in [-0.39, 0.29) is 5.41 Å².